The molecule has 0 amide bonds. The van der Waals surface area contributed by atoms with Crippen molar-refractivity contribution in [2.75, 3.05) is 0 Å². The summed E-state index contributed by atoms with van der Waals surface area (Å²) in [4.78, 5) is 1.36. The van der Waals surface area contributed by atoms with Gasteiger partial charge in [-0.05, 0) is 42.0 Å². The Bertz CT molecular complexity index is 608. The van der Waals surface area contributed by atoms with E-state index >= 15 is 0 Å². The highest BCUT2D eigenvalue weighted by Gasteiger charge is 2.10. The molecule has 5 heteroatoms. The number of nitrogens with two attached hydrogens (primary N) is 1. The molecule has 1 unspecified atom stereocenters. The fourth-order valence-corrected chi connectivity index (χ4v) is 3.17. The van der Waals surface area contributed by atoms with Crippen molar-refractivity contribution in [2.45, 2.75) is 32.9 Å². The molecule has 2 aromatic rings. The molecular weight excluding hydrogens is 282 g/mol. The molecule has 0 aliphatic carbocycles. The Hall–Kier alpha value is -1.85. The molecule has 0 saturated heterocycles. The maximum atomic E-state index is 8.71. The molecular formula is C16H21N3OS. The normalized spacial score (nSPS) is 13.3. The average molecular weight is 303 g/mol. The number of benzene rings is 1. The van der Waals surface area contributed by atoms with Crippen LogP contribution in [0.4, 0.5) is 0 Å². The molecule has 0 bridgehead atoms. The van der Waals surface area contributed by atoms with Crippen molar-refractivity contribution >= 4 is 17.2 Å². The fraction of sp³-hybridized carbons (Fsp3) is 0.312. The largest absolute Gasteiger partial charge is 0.409 e. The van der Waals surface area contributed by atoms with Crippen molar-refractivity contribution in [2.24, 2.45) is 10.9 Å². The zero-order chi connectivity index (χ0) is 15.2. The van der Waals surface area contributed by atoms with Gasteiger partial charge in [0, 0.05) is 23.0 Å². The summed E-state index contributed by atoms with van der Waals surface area (Å²) in [7, 11) is 0. The number of nitrogens with one attached hydrogen (secondary N) is 1. The summed E-state index contributed by atoms with van der Waals surface area (Å²) in [5.74, 6) is 0.141. The van der Waals surface area contributed by atoms with Crippen LogP contribution < -0.4 is 11.1 Å². The van der Waals surface area contributed by atoms with Crippen LogP contribution in [-0.2, 0) is 6.54 Å². The minimum atomic E-state index is 0.141. The first-order valence-corrected chi connectivity index (χ1v) is 7.87. The third-order valence-electron chi connectivity index (χ3n) is 3.58. The molecule has 112 valence electrons. The Morgan fingerprint density at radius 1 is 1.43 bits per heavy atom. The molecule has 1 aromatic heterocycles. The average Bonchev–Trinajstić information content (AvgIpc) is 3.02. The Morgan fingerprint density at radius 2 is 2.24 bits per heavy atom. The van der Waals surface area contributed by atoms with E-state index in [2.05, 4.69) is 34.9 Å². The van der Waals surface area contributed by atoms with E-state index in [1.54, 1.807) is 11.3 Å². The molecule has 0 spiro atoms. The van der Waals surface area contributed by atoms with Crippen LogP contribution in [-0.4, -0.2) is 11.0 Å². The van der Waals surface area contributed by atoms with Gasteiger partial charge in [0.25, 0.3) is 0 Å². The molecule has 0 saturated carbocycles. The van der Waals surface area contributed by atoms with E-state index in [0.717, 1.165) is 24.1 Å². The van der Waals surface area contributed by atoms with E-state index < -0.39 is 0 Å². The Labute approximate surface area is 129 Å². The zero-order valence-electron chi connectivity index (χ0n) is 12.3. The van der Waals surface area contributed by atoms with Gasteiger partial charge >= 0.3 is 0 Å². The van der Waals surface area contributed by atoms with Gasteiger partial charge in [-0.3, -0.25) is 0 Å². The van der Waals surface area contributed by atoms with Gasteiger partial charge in [0.2, 0.25) is 0 Å². The standard InChI is InChI=1S/C16H21N3OS/c1-3-14(15-5-4-8-21-15)18-10-13-7-6-12(9-11(13)2)16(17)19-20/h4-9,14,18,20H,3,10H2,1-2H3,(H2,17,19). The molecule has 0 radical (unpaired) electrons. The number of oxime groups is 1. The van der Waals surface area contributed by atoms with Crippen LogP contribution >= 0.6 is 11.3 Å². The number of thiophene rings is 1. The van der Waals surface area contributed by atoms with Gasteiger partial charge in [0.05, 0.1) is 0 Å². The van der Waals surface area contributed by atoms with Gasteiger partial charge in [-0.1, -0.05) is 30.3 Å². The number of nitrogens with zero attached hydrogens (tertiary/aromatic N) is 1. The van der Waals surface area contributed by atoms with Crippen molar-refractivity contribution in [3.8, 4) is 0 Å². The first-order chi connectivity index (χ1) is 10.2. The summed E-state index contributed by atoms with van der Waals surface area (Å²) < 4.78 is 0. The number of amidine groups is 1. The Kier molecular flexibility index (Phi) is 5.36. The minimum absolute atomic E-state index is 0.141. The van der Waals surface area contributed by atoms with E-state index in [1.165, 1.54) is 10.4 Å². The quantitative estimate of drug-likeness (QED) is 0.331. The van der Waals surface area contributed by atoms with Crippen LogP contribution in [0.25, 0.3) is 0 Å². The highest BCUT2D eigenvalue weighted by molar-refractivity contribution is 7.10. The lowest BCUT2D eigenvalue weighted by molar-refractivity contribution is 0.318. The number of aryl methyl sites for hydroxylation is 1. The SMILES string of the molecule is CCC(NCc1ccc(/C(N)=N/O)cc1C)c1cccs1. The van der Waals surface area contributed by atoms with Crippen molar-refractivity contribution < 1.29 is 5.21 Å². The molecule has 21 heavy (non-hydrogen) atoms. The van der Waals surface area contributed by atoms with Gasteiger partial charge in [0.1, 0.15) is 0 Å². The second-order valence-corrected chi connectivity index (χ2v) is 5.96. The molecule has 2 rings (SSSR count). The fourth-order valence-electron chi connectivity index (χ4n) is 2.28. The van der Waals surface area contributed by atoms with E-state index in [9.17, 15) is 0 Å². The number of hydrogen-bond donors (Lipinski definition) is 3. The summed E-state index contributed by atoms with van der Waals surface area (Å²) in [6.07, 6.45) is 1.06. The first kappa shape index (κ1) is 15.5. The van der Waals surface area contributed by atoms with Crippen molar-refractivity contribution in [1.29, 1.82) is 0 Å². The smallest absolute Gasteiger partial charge is 0.170 e. The Balaban J connectivity index is 2.06. The maximum Gasteiger partial charge on any atom is 0.170 e. The van der Waals surface area contributed by atoms with Gasteiger partial charge in [-0.15, -0.1) is 11.3 Å². The van der Waals surface area contributed by atoms with Crippen LogP contribution in [0.3, 0.4) is 0 Å². The summed E-state index contributed by atoms with van der Waals surface area (Å²) in [5, 5.41) is 17.4. The van der Waals surface area contributed by atoms with Crippen molar-refractivity contribution in [3.05, 3.63) is 57.3 Å². The molecule has 4 N–H and O–H groups in total. The summed E-state index contributed by atoms with van der Waals surface area (Å²) in [6, 6.07) is 10.5. The van der Waals surface area contributed by atoms with Crippen molar-refractivity contribution in [1.82, 2.24) is 5.32 Å². The van der Waals surface area contributed by atoms with Gasteiger partial charge in [0.15, 0.2) is 5.84 Å². The topological polar surface area (TPSA) is 70.6 Å². The van der Waals surface area contributed by atoms with E-state index in [4.69, 9.17) is 10.9 Å². The number of hydrogen-bond acceptors (Lipinski definition) is 4. The molecule has 1 heterocycles. The van der Waals surface area contributed by atoms with Crippen LogP contribution in [0.1, 0.15) is 41.0 Å². The first-order valence-electron chi connectivity index (χ1n) is 7.00. The third-order valence-corrected chi connectivity index (χ3v) is 4.57. The highest BCUT2D eigenvalue weighted by Crippen LogP contribution is 2.22. The molecule has 0 fully saturated rings. The lowest BCUT2D eigenvalue weighted by atomic mass is 10.0. The van der Waals surface area contributed by atoms with Gasteiger partial charge < -0.3 is 16.3 Å². The lowest BCUT2D eigenvalue weighted by Crippen LogP contribution is -2.20. The third kappa shape index (κ3) is 3.83. The lowest BCUT2D eigenvalue weighted by Gasteiger charge is -2.17. The van der Waals surface area contributed by atoms with Crippen LogP contribution in [0.5, 0.6) is 0 Å². The van der Waals surface area contributed by atoms with Crippen molar-refractivity contribution in [3.63, 3.8) is 0 Å². The molecule has 1 aromatic carbocycles. The van der Waals surface area contributed by atoms with Gasteiger partial charge in [-0.2, -0.15) is 0 Å². The zero-order valence-corrected chi connectivity index (χ0v) is 13.2. The van der Waals surface area contributed by atoms with Crippen LogP contribution in [0.2, 0.25) is 0 Å². The Morgan fingerprint density at radius 3 is 2.81 bits per heavy atom. The molecule has 1 atom stereocenters. The second kappa shape index (κ2) is 7.24. The molecule has 4 nitrogen and oxygen atoms in total. The minimum Gasteiger partial charge on any atom is -0.409 e. The van der Waals surface area contributed by atoms with E-state index in [1.807, 2.05) is 25.1 Å². The monoisotopic (exact) mass is 303 g/mol. The maximum absolute atomic E-state index is 8.71. The number of rotatable bonds is 6. The van der Waals surface area contributed by atoms with E-state index in [-0.39, 0.29) is 5.84 Å². The highest BCUT2D eigenvalue weighted by atomic mass is 32.1. The van der Waals surface area contributed by atoms with Gasteiger partial charge in [-0.25, -0.2) is 0 Å². The van der Waals surface area contributed by atoms with Crippen LogP contribution in [0.15, 0.2) is 40.9 Å². The molecule has 0 aliphatic rings. The van der Waals surface area contributed by atoms with E-state index in [0.29, 0.717) is 6.04 Å². The van der Waals surface area contributed by atoms with Crippen LogP contribution in [0, 0.1) is 6.92 Å². The summed E-state index contributed by atoms with van der Waals surface area (Å²) in [6.45, 7) is 5.03. The summed E-state index contributed by atoms with van der Waals surface area (Å²) >= 11 is 1.78. The predicted molar refractivity (Wildman–Crippen MR) is 87.9 cm³/mol. The summed E-state index contributed by atoms with van der Waals surface area (Å²) in [5.41, 5.74) is 8.70. The molecule has 0 aliphatic heterocycles. The predicted octanol–water partition coefficient (Wildman–Crippen LogP) is 3.39. The second-order valence-electron chi connectivity index (χ2n) is 4.98.